The fourth-order valence-electron chi connectivity index (χ4n) is 3.01. The Morgan fingerprint density at radius 1 is 1.16 bits per heavy atom. The molecule has 2 aromatic rings. The van der Waals surface area contributed by atoms with Gasteiger partial charge in [-0.25, -0.2) is 12.8 Å². The third kappa shape index (κ3) is 3.13. The summed E-state index contributed by atoms with van der Waals surface area (Å²) in [6, 6.07) is 10.5. The average Bonchev–Trinajstić information content (AvgIpc) is 2.98. The standard InChI is InChI=1S/C16H15FN2O5S/c17-12-7-5-11(6-8-12)13-9-10-18(16(13)20)25(23,24)15-4-2-1-3-14(15)19(21)22/h1-8,13,16,20H,9-10H2. The minimum atomic E-state index is -4.25. The maximum absolute atomic E-state index is 13.0. The van der Waals surface area contributed by atoms with E-state index >= 15 is 0 Å². The van der Waals surface area contributed by atoms with Crippen LogP contribution < -0.4 is 0 Å². The molecule has 2 atom stereocenters. The molecule has 1 fully saturated rings. The van der Waals surface area contributed by atoms with E-state index in [9.17, 15) is 28.0 Å². The summed E-state index contributed by atoms with van der Waals surface area (Å²) in [4.78, 5) is 9.88. The Bertz CT molecular complexity index is 901. The van der Waals surface area contributed by atoms with Crippen molar-refractivity contribution in [2.75, 3.05) is 6.54 Å². The van der Waals surface area contributed by atoms with Gasteiger partial charge in [-0.2, -0.15) is 4.31 Å². The van der Waals surface area contributed by atoms with Crippen LogP contribution in [0, 0.1) is 15.9 Å². The number of hydrogen-bond donors (Lipinski definition) is 1. The lowest BCUT2D eigenvalue weighted by Gasteiger charge is -2.23. The van der Waals surface area contributed by atoms with E-state index < -0.39 is 43.5 Å². The molecule has 1 saturated heterocycles. The van der Waals surface area contributed by atoms with Gasteiger partial charge >= 0.3 is 0 Å². The van der Waals surface area contributed by atoms with Crippen LogP contribution in [0.5, 0.6) is 0 Å². The summed E-state index contributed by atoms with van der Waals surface area (Å²) >= 11 is 0. The zero-order chi connectivity index (χ0) is 18.2. The molecule has 0 spiro atoms. The Balaban J connectivity index is 1.94. The predicted molar refractivity (Wildman–Crippen MR) is 86.8 cm³/mol. The van der Waals surface area contributed by atoms with Crippen LogP contribution in [0.15, 0.2) is 53.4 Å². The highest BCUT2D eigenvalue weighted by Crippen LogP contribution is 2.37. The van der Waals surface area contributed by atoms with Gasteiger partial charge in [-0.1, -0.05) is 24.3 Å². The molecule has 2 aromatic carbocycles. The van der Waals surface area contributed by atoms with Crippen molar-refractivity contribution in [2.24, 2.45) is 0 Å². The van der Waals surface area contributed by atoms with Crippen molar-refractivity contribution in [1.82, 2.24) is 4.31 Å². The molecule has 0 aliphatic carbocycles. The number of nitrogens with zero attached hydrogens (tertiary/aromatic N) is 2. The van der Waals surface area contributed by atoms with E-state index in [4.69, 9.17) is 0 Å². The summed E-state index contributed by atoms with van der Waals surface area (Å²) in [6.45, 7) is 0.0115. The molecule has 2 unspecified atom stereocenters. The third-order valence-electron chi connectivity index (χ3n) is 4.26. The lowest BCUT2D eigenvalue weighted by atomic mass is 9.97. The molecule has 25 heavy (non-hydrogen) atoms. The highest BCUT2D eigenvalue weighted by Gasteiger charge is 2.43. The molecule has 1 aliphatic heterocycles. The van der Waals surface area contributed by atoms with Gasteiger partial charge in [0.15, 0.2) is 4.90 Å². The molecule has 0 saturated carbocycles. The van der Waals surface area contributed by atoms with Crippen molar-refractivity contribution in [3.05, 3.63) is 70.0 Å². The Morgan fingerprint density at radius 3 is 2.44 bits per heavy atom. The fraction of sp³-hybridized carbons (Fsp3) is 0.250. The number of halogens is 1. The number of aliphatic hydroxyl groups is 1. The highest BCUT2D eigenvalue weighted by atomic mass is 32.2. The summed E-state index contributed by atoms with van der Waals surface area (Å²) in [5.74, 6) is -0.959. The van der Waals surface area contributed by atoms with E-state index in [1.165, 1.54) is 36.4 Å². The van der Waals surface area contributed by atoms with E-state index in [-0.39, 0.29) is 6.54 Å². The van der Waals surface area contributed by atoms with Crippen LogP contribution in [0.25, 0.3) is 0 Å². The van der Waals surface area contributed by atoms with Crippen LogP contribution in [-0.2, 0) is 10.0 Å². The van der Waals surface area contributed by atoms with E-state index in [1.807, 2.05) is 0 Å². The van der Waals surface area contributed by atoms with Crippen LogP contribution in [-0.4, -0.2) is 35.5 Å². The maximum atomic E-state index is 13.0. The number of hydrogen-bond acceptors (Lipinski definition) is 5. The molecule has 9 heteroatoms. The van der Waals surface area contributed by atoms with Crippen molar-refractivity contribution >= 4 is 15.7 Å². The van der Waals surface area contributed by atoms with Crippen LogP contribution >= 0.6 is 0 Å². The van der Waals surface area contributed by atoms with Crippen molar-refractivity contribution in [3.63, 3.8) is 0 Å². The van der Waals surface area contributed by atoms with Crippen molar-refractivity contribution in [1.29, 1.82) is 0 Å². The molecular formula is C16H15FN2O5S. The van der Waals surface area contributed by atoms with Crippen molar-refractivity contribution < 1.29 is 22.8 Å². The molecule has 0 amide bonds. The molecule has 0 aromatic heterocycles. The first-order valence-corrected chi connectivity index (χ1v) is 8.95. The van der Waals surface area contributed by atoms with Gasteiger partial charge in [0.25, 0.3) is 15.7 Å². The van der Waals surface area contributed by atoms with E-state index in [1.54, 1.807) is 0 Å². The Kier molecular flexibility index (Phi) is 4.55. The molecule has 7 nitrogen and oxygen atoms in total. The van der Waals surface area contributed by atoms with Gasteiger partial charge in [0, 0.05) is 18.5 Å². The topological polar surface area (TPSA) is 101 Å². The first-order valence-electron chi connectivity index (χ1n) is 7.51. The molecule has 1 heterocycles. The van der Waals surface area contributed by atoms with Crippen LogP contribution in [0.2, 0.25) is 0 Å². The van der Waals surface area contributed by atoms with Crippen molar-refractivity contribution in [3.8, 4) is 0 Å². The molecule has 0 radical (unpaired) electrons. The molecule has 3 rings (SSSR count). The minimum Gasteiger partial charge on any atom is -0.377 e. The largest absolute Gasteiger partial charge is 0.377 e. The molecule has 132 valence electrons. The average molecular weight is 366 g/mol. The number of para-hydroxylation sites is 1. The second kappa shape index (κ2) is 6.51. The number of aliphatic hydroxyl groups excluding tert-OH is 1. The smallest absolute Gasteiger partial charge is 0.289 e. The van der Waals surface area contributed by atoms with Crippen LogP contribution in [0.1, 0.15) is 17.9 Å². The third-order valence-corrected chi connectivity index (χ3v) is 6.18. The second-order valence-electron chi connectivity index (χ2n) is 5.70. The van der Waals surface area contributed by atoms with E-state index in [2.05, 4.69) is 0 Å². The normalized spacial score (nSPS) is 21.4. The van der Waals surface area contributed by atoms with Gasteiger partial charge in [0.05, 0.1) is 4.92 Å². The lowest BCUT2D eigenvalue weighted by Crippen LogP contribution is -2.37. The van der Waals surface area contributed by atoms with Crippen molar-refractivity contribution in [2.45, 2.75) is 23.5 Å². The first-order chi connectivity index (χ1) is 11.8. The Morgan fingerprint density at radius 2 is 1.80 bits per heavy atom. The van der Waals surface area contributed by atoms with Crippen LogP contribution in [0.4, 0.5) is 10.1 Å². The lowest BCUT2D eigenvalue weighted by molar-refractivity contribution is -0.387. The fourth-order valence-corrected chi connectivity index (χ4v) is 4.70. The summed E-state index contributed by atoms with van der Waals surface area (Å²) in [7, 11) is -4.25. The van der Waals surface area contributed by atoms with Crippen LogP contribution in [0.3, 0.4) is 0 Å². The number of sulfonamides is 1. The zero-order valence-corrected chi connectivity index (χ0v) is 13.8. The summed E-state index contributed by atoms with van der Waals surface area (Å²) in [5.41, 5.74) is 0.0640. The van der Waals surface area contributed by atoms with Gasteiger partial charge in [-0.05, 0) is 30.2 Å². The summed E-state index contributed by atoms with van der Waals surface area (Å²) in [5, 5.41) is 21.6. The molecular weight excluding hydrogens is 351 g/mol. The minimum absolute atomic E-state index is 0.0115. The van der Waals surface area contributed by atoms with E-state index in [0.717, 1.165) is 16.4 Å². The first kappa shape index (κ1) is 17.5. The predicted octanol–water partition coefficient (Wildman–Crippen LogP) is 2.23. The van der Waals surface area contributed by atoms with Gasteiger partial charge in [-0.3, -0.25) is 10.1 Å². The SMILES string of the molecule is O=[N+]([O-])c1ccccc1S(=O)(=O)N1CCC(c2ccc(F)cc2)C1O. The molecule has 0 bridgehead atoms. The molecule has 1 aliphatic rings. The van der Waals surface area contributed by atoms with Gasteiger partial charge < -0.3 is 5.11 Å². The molecule has 1 N–H and O–H groups in total. The quantitative estimate of drug-likeness (QED) is 0.660. The Labute approximate surface area is 143 Å². The second-order valence-corrected chi connectivity index (χ2v) is 7.56. The number of nitro groups is 1. The number of nitro benzene ring substituents is 1. The number of benzene rings is 2. The zero-order valence-electron chi connectivity index (χ0n) is 12.9. The highest BCUT2D eigenvalue weighted by molar-refractivity contribution is 7.89. The Hall–Kier alpha value is -2.36. The van der Waals surface area contributed by atoms with Gasteiger partial charge in [0.1, 0.15) is 12.0 Å². The van der Waals surface area contributed by atoms with Gasteiger partial charge in [-0.15, -0.1) is 0 Å². The summed E-state index contributed by atoms with van der Waals surface area (Å²) in [6.07, 6.45) is -1.05. The summed E-state index contributed by atoms with van der Waals surface area (Å²) < 4.78 is 39.5. The maximum Gasteiger partial charge on any atom is 0.289 e. The number of rotatable bonds is 4. The van der Waals surface area contributed by atoms with Gasteiger partial charge in [0.2, 0.25) is 0 Å². The van der Waals surface area contributed by atoms with E-state index in [0.29, 0.717) is 12.0 Å². The monoisotopic (exact) mass is 366 g/mol.